The van der Waals surface area contributed by atoms with Gasteiger partial charge in [0.15, 0.2) is 5.82 Å². The molecule has 0 saturated heterocycles. The molecule has 4 nitrogen and oxygen atoms in total. The van der Waals surface area contributed by atoms with E-state index in [0.29, 0.717) is 0 Å². The summed E-state index contributed by atoms with van der Waals surface area (Å²) >= 11 is 0. The first kappa shape index (κ1) is 12.4. The monoisotopic (exact) mass is 242 g/mol. The fraction of sp³-hybridized carbons (Fsp3) is 0.286. The lowest BCUT2D eigenvalue weighted by Crippen LogP contribution is -2.25. The van der Waals surface area contributed by atoms with Crippen LogP contribution in [0, 0.1) is 0 Å². The summed E-state index contributed by atoms with van der Waals surface area (Å²) in [7, 11) is 0. The van der Waals surface area contributed by atoms with Crippen molar-refractivity contribution in [2.45, 2.75) is 19.9 Å². The minimum Gasteiger partial charge on any atom is -0.398 e. The fourth-order valence-electron chi connectivity index (χ4n) is 1.89. The normalized spacial score (nSPS) is 10.3. The number of anilines is 2. The molecule has 0 atom stereocenters. The van der Waals surface area contributed by atoms with E-state index in [1.54, 1.807) is 6.20 Å². The smallest absolute Gasteiger partial charge is 0.151 e. The van der Waals surface area contributed by atoms with E-state index in [-0.39, 0.29) is 0 Å². The molecule has 0 unspecified atom stereocenters. The number of benzene rings is 1. The Balaban J connectivity index is 2.19. The molecule has 0 amide bonds. The molecule has 2 rings (SSSR count). The van der Waals surface area contributed by atoms with Gasteiger partial charge in [0.1, 0.15) is 0 Å². The first-order valence-electron chi connectivity index (χ1n) is 6.17. The Morgan fingerprint density at radius 1 is 1.17 bits per heavy atom. The Kier molecular flexibility index (Phi) is 4.12. The molecule has 0 fully saturated rings. The molecule has 1 aromatic heterocycles. The Bertz CT molecular complexity index is 484. The molecule has 94 valence electrons. The number of hydrogen-bond donors (Lipinski definition) is 1. The Morgan fingerprint density at radius 2 is 2.00 bits per heavy atom. The maximum atomic E-state index is 5.98. The van der Waals surface area contributed by atoms with Crippen molar-refractivity contribution in [1.29, 1.82) is 0 Å². The first-order valence-corrected chi connectivity index (χ1v) is 6.17. The molecule has 1 aromatic carbocycles. The van der Waals surface area contributed by atoms with E-state index in [1.165, 1.54) is 0 Å². The molecule has 1 heterocycles. The molecule has 0 aliphatic carbocycles. The number of aromatic nitrogens is 2. The van der Waals surface area contributed by atoms with Crippen LogP contribution in [0.1, 0.15) is 18.9 Å². The zero-order chi connectivity index (χ0) is 12.8. The molecular weight excluding hydrogens is 224 g/mol. The van der Waals surface area contributed by atoms with Gasteiger partial charge >= 0.3 is 0 Å². The largest absolute Gasteiger partial charge is 0.398 e. The number of hydrogen-bond acceptors (Lipinski definition) is 4. The maximum Gasteiger partial charge on any atom is 0.151 e. The molecular formula is C14H18N4. The van der Waals surface area contributed by atoms with Gasteiger partial charge in [0.05, 0.1) is 0 Å². The average molecular weight is 242 g/mol. The standard InChI is InChI=1S/C14H18N4/c1-2-10-18(14-8-5-9-16-17-14)11-12-6-3-4-7-13(12)15/h3-9H,2,10-11,15H2,1H3. The van der Waals surface area contributed by atoms with Gasteiger partial charge in [0, 0.05) is 25.0 Å². The predicted octanol–water partition coefficient (Wildman–Crippen LogP) is 2.48. The van der Waals surface area contributed by atoms with E-state index in [0.717, 1.165) is 36.6 Å². The zero-order valence-corrected chi connectivity index (χ0v) is 10.6. The summed E-state index contributed by atoms with van der Waals surface area (Å²) in [6.45, 7) is 3.85. The summed E-state index contributed by atoms with van der Waals surface area (Å²) in [5.41, 5.74) is 7.92. The van der Waals surface area contributed by atoms with Crippen molar-refractivity contribution in [3.05, 3.63) is 48.2 Å². The molecule has 0 bridgehead atoms. The molecule has 2 aromatic rings. The van der Waals surface area contributed by atoms with Crippen LogP contribution in [0.3, 0.4) is 0 Å². The minimum absolute atomic E-state index is 0.763. The molecule has 0 aliphatic heterocycles. The zero-order valence-electron chi connectivity index (χ0n) is 10.6. The van der Waals surface area contributed by atoms with Gasteiger partial charge in [-0.2, -0.15) is 5.10 Å². The van der Waals surface area contributed by atoms with Crippen LogP contribution in [0.15, 0.2) is 42.6 Å². The second kappa shape index (κ2) is 6.00. The van der Waals surface area contributed by atoms with Gasteiger partial charge in [-0.3, -0.25) is 0 Å². The SMILES string of the molecule is CCCN(Cc1ccccc1N)c1cccnn1. The van der Waals surface area contributed by atoms with Crippen molar-refractivity contribution >= 4 is 11.5 Å². The van der Waals surface area contributed by atoms with E-state index in [2.05, 4.69) is 22.0 Å². The second-order valence-corrected chi connectivity index (χ2v) is 4.20. The molecule has 0 spiro atoms. The van der Waals surface area contributed by atoms with Crippen LogP contribution < -0.4 is 10.6 Å². The summed E-state index contributed by atoms with van der Waals surface area (Å²) in [5.74, 6) is 0.891. The van der Waals surface area contributed by atoms with E-state index >= 15 is 0 Å². The van der Waals surface area contributed by atoms with E-state index < -0.39 is 0 Å². The summed E-state index contributed by atoms with van der Waals surface area (Å²) in [4.78, 5) is 2.19. The second-order valence-electron chi connectivity index (χ2n) is 4.20. The van der Waals surface area contributed by atoms with Crippen LogP contribution in [0.2, 0.25) is 0 Å². The lowest BCUT2D eigenvalue weighted by molar-refractivity contribution is 0.745. The summed E-state index contributed by atoms with van der Waals surface area (Å²) in [5, 5.41) is 8.09. The van der Waals surface area contributed by atoms with Gasteiger partial charge in [-0.25, -0.2) is 0 Å². The van der Waals surface area contributed by atoms with Crippen molar-refractivity contribution in [3.63, 3.8) is 0 Å². The van der Waals surface area contributed by atoms with E-state index in [1.807, 2.05) is 36.4 Å². The Hall–Kier alpha value is -2.10. The Morgan fingerprint density at radius 3 is 2.67 bits per heavy atom. The lowest BCUT2D eigenvalue weighted by Gasteiger charge is -2.23. The number of rotatable bonds is 5. The summed E-state index contributed by atoms with van der Waals surface area (Å²) < 4.78 is 0. The van der Waals surface area contributed by atoms with Crippen LogP contribution >= 0.6 is 0 Å². The van der Waals surface area contributed by atoms with Crippen molar-refractivity contribution in [1.82, 2.24) is 10.2 Å². The van der Waals surface area contributed by atoms with Crippen LogP contribution in [0.5, 0.6) is 0 Å². The third-order valence-electron chi connectivity index (χ3n) is 2.79. The number of nitrogens with zero attached hydrogens (tertiary/aromatic N) is 3. The highest BCUT2D eigenvalue weighted by atomic mass is 15.3. The predicted molar refractivity (Wildman–Crippen MR) is 74.2 cm³/mol. The van der Waals surface area contributed by atoms with Gasteiger partial charge < -0.3 is 10.6 Å². The van der Waals surface area contributed by atoms with E-state index in [9.17, 15) is 0 Å². The van der Waals surface area contributed by atoms with Crippen LogP contribution in [0.4, 0.5) is 11.5 Å². The molecule has 0 aliphatic rings. The number of nitrogens with two attached hydrogens (primary N) is 1. The van der Waals surface area contributed by atoms with Gasteiger partial charge in [-0.1, -0.05) is 25.1 Å². The van der Waals surface area contributed by atoms with Crippen molar-refractivity contribution < 1.29 is 0 Å². The molecule has 2 N–H and O–H groups in total. The molecule has 4 heteroatoms. The van der Waals surface area contributed by atoms with Crippen LogP contribution in [-0.4, -0.2) is 16.7 Å². The third-order valence-corrected chi connectivity index (χ3v) is 2.79. The van der Waals surface area contributed by atoms with Gasteiger partial charge in [-0.15, -0.1) is 5.10 Å². The number of para-hydroxylation sites is 1. The fourth-order valence-corrected chi connectivity index (χ4v) is 1.89. The first-order chi connectivity index (χ1) is 8.81. The van der Waals surface area contributed by atoms with Crippen LogP contribution in [0.25, 0.3) is 0 Å². The van der Waals surface area contributed by atoms with E-state index in [4.69, 9.17) is 5.73 Å². The topological polar surface area (TPSA) is 55.0 Å². The Labute approximate surface area is 107 Å². The average Bonchev–Trinajstić information content (AvgIpc) is 2.42. The van der Waals surface area contributed by atoms with Crippen molar-refractivity contribution in [2.24, 2.45) is 0 Å². The van der Waals surface area contributed by atoms with Crippen molar-refractivity contribution in [3.8, 4) is 0 Å². The highest BCUT2D eigenvalue weighted by Gasteiger charge is 2.09. The number of nitrogen functional groups attached to an aromatic ring is 1. The lowest BCUT2D eigenvalue weighted by atomic mass is 10.1. The molecule has 18 heavy (non-hydrogen) atoms. The summed E-state index contributed by atoms with van der Waals surface area (Å²) in [6, 6.07) is 11.8. The van der Waals surface area contributed by atoms with Crippen LogP contribution in [-0.2, 0) is 6.54 Å². The van der Waals surface area contributed by atoms with Gasteiger partial charge in [0.25, 0.3) is 0 Å². The molecule has 0 saturated carbocycles. The minimum atomic E-state index is 0.763. The van der Waals surface area contributed by atoms with Gasteiger partial charge in [-0.05, 0) is 30.2 Å². The third kappa shape index (κ3) is 2.97. The maximum absolute atomic E-state index is 5.98. The summed E-state index contributed by atoms with van der Waals surface area (Å²) in [6.07, 6.45) is 2.74. The highest BCUT2D eigenvalue weighted by molar-refractivity contribution is 5.49. The van der Waals surface area contributed by atoms with Crippen molar-refractivity contribution in [2.75, 3.05) is 17.2 Å². The quantitative estimate of drug-likeness (QED) is 0.818. The highest BCUT2D eigenvalue weighted by Crippen LogP contribution is 2.17. The van der Waals surface area contributed by atoms with Gasteiger partial charge in [0.2, 0.25) is 0 Å². The molecule has 0 radical (unpaired) electrons.